The molecule has 0 aromatic heterocycles. The molecular weight excluding hydrogens is 340 g/mol. The summed E-state index contributed by atoms with van der Waals surface area (Å²) < 4.78 is 5.98. The highest BCUT2D eigenvalue weighted by Gasteiger charge is 2.26. The molecule has 0 N–H and O–H groups in total. The van der Waals surface area contributed by atoms with Crippen LogP contribution in [0.1, 0.15) is 58.9 Å². The second-order valence-electron chi connectivity index (χ2n) is 6.14. The lowest BCUT2D eigenvalue weighted by atomic mass is 9.75. The van der Waals surface area contributed by atoms with Crippen LogP contribution in [0.2, 0.25) is 0 Å². The number of hydrogen-bond acceptors (Lipinski definition) is 2. The number of carbonyl (C=O) groups is 1. The quantitative estimate of drug-likeness (QED) is 0.483. The molecule has 1 saturated carbocycles. The Morgan fingerprint density at radius 3 is 2.23 bits per heavy atom. The van der Waals surface area contributed by atoms with Gasteiger partial charge in [0.05, 0.1) is 0 Å². The Hall–Kier alpha value is -1.09. The van der Waals surface area contributed by atoms with Crippen molar-refractivity contribution in [2.45, 2.75) is 60.0 Å². The van der Waals surface area contributed by atoms with E-state index in [4.69, 9.17) is 4.74 Å². The lowest BCUT2D eigenvalue weighted by Crippen LogP contribution is -2.18. The van der Waals surface area contributed by atoms with Crippen LogP contribution in [0, 0.1) is 5.41 Å². The molecular formula is C19H27BrO2. The molecule has 0 unspecified atom stereocenters. The molecule has 122 valence electrons. The van der Waals surface area contributed by atoms with Crippen LogP contribution in [0.4, 0.5) is 0 Å². The van der Waals surface area contributed by atoms with Gasteiger partial charge < -0.3 is 4.74 Å². The van der Waals surface area contributed by atoms with Gasteiger partial charge in [-0.1, -0.05) is 58.0 Å². The van der Waals surface area contributed by atoms with Crippen LogP contribution < -0.4 is 0 Å². The standard InChI is InChI=1S/C17H21BrO2.C2H6/c1-17(2)10-8-14(9-11-17)15(18)16(19)20-12-13-6-4-3-5-7-13;1-2/h3-7H,8-12H2,1-2H3;1-2H3. The van der Waals surface area contributed by atoms with Crippen molar-refractivity contribution in [2.75, 3.05) is 0 Å². The maximum Gasteiger partial charge on any atom is 0.345 e. The van der Waals surface area contributed by atoms with E-state index in [9.17, 15) is 4.79 Å². The number of ether oxygens (including phenoxy) is 1. The van der Waals surface area contributed by atoms with E-state index < -0.39 is 0 Å². The second-order valence-corrected chi connectivity index (χ2v) is 6.94. The van der Waals surface area contributed by atoms with Crippen molar-refractivity contribution in [3.63, 3.8) is 0 Å². The van der Waals surface area contributed by atoms with E-state index in [2.05, 4.69) is 29.8 Å². The monoisotopic (exact) mass is 366 g/mol. The van der Waals surface area contributed by atoms with Gasteiger partial charge in [0.1, 0.15) is 11.1 Å². The molecule has 3 heteroatoms. The Kier molecular flexibility index (Phi) is 7.88. The highest BCUT2D eigenvalue weighted by atomic mass is 79.9. The number of halogens is 1. The molecule has 0 amide bonds. The van der Waals surface area contributed by atoms with Crippen molar-refractivity contribution < 1.29 is 9.53 Å². The number of allylic oxidation sites excluding steroid dienone is 1. The molecule has 2 nitrogen and oxygen atoms in total. The second kappa shape index (κ2) is 9.14. The molecule has 0 atom stereocenters. The van der Waals surface area contributed by atoms with Gasteiger partial charge in [0, 0.05) is 0 Å². The fourth-order valence-corrected chi connectivity index (χ4v) is 2.89. The molecule has 0 aliphatic heterocycles. The zero-order valence-corrected chi connectivity index (χ0v) is 15.7. The van der Waals surface area contributed by atoms with Gasteiger partial charge in [0.2, 0.25) is 0 Å². The molecule has 1 aliphatic rings. The zero-order valence-electron chi connectivity index (χ0n) is 14.1. The Morgan fingerprint density at radius 2 is 1.68 bits per heavy atom. The third-order valence-corrected chi connectivity index (χ3v) is 4.79. The van der Waals surface area contributed by atoms with E-state index in [0.717, 1.165) is 31.2 Å². The van der Waals surface area contributed by atoms with Gasteiger partial charge in [-0.05, 0) is 58.2 Å². The van der Waals surface area contributed by atoms with E-state index in [1.807, 2.05) is 44.2 Å². The number of hydrogen-bond donors (Lipinski definition) is 0. The Bertz CT molecular complexity index is 491. The lowest BCUT2D eigenvalue weighted by Gasteiger charge is -2.31. The zero-order chi connectivity index (χ0) is 16.6. The van der Waals surface area contributed by atoms with Crippen LogP contribution in [0.3, 0.4) is 0 Å². The molecule has 1 aromatic rings. The molecule has 1 aliphatic carbocycles. The van der Waals surface area contributed by atoms with Crippen molar-refractivity contribution in [3.8, 4) is 0 Å². The first-order chi connectivity index (χ1) is 10.5. The van der Waals surface area contributed by atoms with Crippen molar-refractivity contribution in [1.82, 2.24) is 0 Å². The van der Waals surface area contributed by atoms with E-state index in [1.54, 1.807) is 0 Å². The summed E-state index contributed by atoms with van der Waals surface area (Å²) in [6, 6.07) is 9.75. The van der Waals surface area contributed by atoms with Gasteiger partial charge in [-0.15, -0.1) is 0 Å². The molecule has 22 heavy (non-hydrogen) atoms. The summed E-state index contributed by atoms with van der Waals surface area (Å²) in [5.74, 6) is -0.247. The average Bonchev–Trinajstić information content (AvgIpc) is 2.55. The van der Waals surface area contributed by atoms with Gasteiger partial charge in [-0.2, -0.15) is 0 Å². The summed E-state index contributed by atoms with van der Waals surface area (Å²) in [6.07, 6.45) is 4.22. The van der Waals surface area contributed by atoms with Crippen molar-refractivity contribution in [2.24, 2.45) is 5.41 Å². The third-order valence-electron chi connectivity index (χ3n) is 3.91. The molecule has 0 heterocycles. The van der Waals surface area contributed by atoms with Crippen LogP contribution in [-0.2, 0) is 16.1 Å². The van der Waals surface area contributed by atoms with E-state index in [0.29, 0.717) is 16.5 Å². The highest BCUT2D eigenvalue weighted by molar-refractivity contribution is 9.12. The summed E-state index contributed by atoms with van der Waals surface area (Å²) in [5.41, 5.74) is 2.60. The largest absolute Gasteiger partial charge is 0.457 e. The highest BCUT2D eigenvalue weighted by Crippen LogP contribution is 2.39. The minimum absolute atomic E-state index is 0.247. The summed E-state index contributed by atoms with van der Waals surface area (Å²) in [4.78, 5) is 12.0. The van der Waals surface area contributed by atoms with Gasteiger partial charge in [-0.25, -0.2) is 4.79 Å². The predicted octanol–water partition coefficient (Wildman–Crippen LogP) is 6.01. The molecule has 1 aromatic carbocycles. The van der Waals surface area contributed by atoms with Crippen LogP contribution in [0.5, 0.6) is 0 Å². The average molecular weight is 367 g/mol. The first kappa shape index (κ1) is 19.0. The van der Waals surface area contributed by atoms with Crippen molar-refractivity contribution >= 4 is 21.9 Å². The van der Waals surface area contributed by atoms with Crippen LogP contribution in [0.15, 0.2) is 40.4 Å². The third kappa shape index (κ3) is 5.96. The summed E-state index contributed by atoms with van der Waals surface area (Å²) >= 11 is 3.42. The number of esters is 1. The normalized spacial score (nSPS) is 16.3. The van der Waals surface area contributed by atoms with E-state index in [1.165, 1.54) is 5.57 Å². The van der Waals surface area contributed by atoms with Crippen LogP contribution in [0.25, 0.3) is 0 Å². The minimum atomic E-state index is -0.247. The number of carbonyl (C=O) groups excluding carboxylic acids is 1. The maximum atomic E-state index is 12.0. The Labute approximate surface area is 143 Å². The molecule has 1 fully saturated rings. The molecule has 0 bridgehead atoms. The van der Waals surface area contributed by atoms with Crippen LogP contribution in [-0.4, -0.2) is 5.97 Å². The fraction of sp³-hybridized carbons (Fsp3) is 0.526. The molecule has 0 radical (unpaired) electrons. The predicted molar refractivity (Wildman–Crippen MR) is 95.8 cm³/mol. The first-order valence-corrected chi connectivity index (χ1v) is 8.86. The van der Waals surface area contributed by atoms with Crippen molar-refractivity contribution in [3.05, 3.63) is 46.0 Å². The summed E-state index contributed by atoms with van der Waals surface area (Å²) in [6.45, 7) is 8.89. The van der Waals surface area contributed by atoms with E-state index in [-0.39, 0.29) is 5.97 Å². The lowest BCUT2D eigenvalue weighted by molar-refractivity contribution is -0.139. The molecule has 0 saturated heterocycles. The minimum Gasteiger partial charge on any atom is -0.457 e. The molecule has 2 rings (SSSR count). The van der Waals surface area contributed by atoms with Crippen molar-refractivity contribution in [1.29, 1.82) is 0 Å². The smallest absolute Gasteiger partial charge is 0.345 e. The molecule has 0 spiro atoms. The van der Waals surface area contributed by atoms with Gasteiger partial charge in [0.25, 0.3) is 0 Å². The van der Waals surface area contributed by atoms with Gasteiger partial charge in [-0.3, -0.25) is 0 Å². The topological polar surface area (TPSA) is 26.3 Å². The van der Waals surface area contributed by atoms with Gasteiger partial charge in [0.15, 0.2) is 0 Å². The van der Waals surface area contributed by atoms with E-state index >= 15 is 0 Å². The fourth-order valence-electron chi connectivity index (χ4n) is 2.38. The van der Waals surface area contributed by atoms with Gasteiger partial charge >= 0.3 is 5.97 Å². The Balaban J connectivity index is 0.00000116. The first-order valence-electron chi connectivity index (χ1n) is 8.06. The maximum absolute atomic E-state index is 12.0. The Morgan fingerprint density at radius 1 is 1.14 bits per heavy atom. The van der Waals surface area contributed by atoms with Crippen LogP contribution >= 0.6 is 15.9 Å². The SMILES string of the molecule is CC.CC1(C)CCC(=C(Br)C(=O)OCc2ccccc2)CC1. The summed E-state index contributed by atoms with van der Waals surface area (Å²) in [5, 5.41) is 0. The summed E-state index contributed by atoms with van der Waals surface area (Å²) in [7, 11) is 0. The number of rotatable bonds is 3. The number of benzene rings is 1.